The number of carbonyl (C=O) groups excluding carboxylic acids is 1. The first-order valence-corrected chi connectivity index (χ1v) is 10.4. The molecule has 4 rings (SSSR count). The molecule has 1 saturated heterocycles. The van der Waals surface area contributed by atoms with Gasteiger partial charge in [-0.05, 0) is 42.4 Å². The first-order valence-electron chi connectivity index (χ1n) is 10.4. The lowest BCUT2D eigenvalue weighted by Crippen LogP contribution is -2.47. The standard InChI is InChI=1S/C24H27N5O2/c1-28-11-13-29(14-12-28)23(30)15-18-3-7-21(8-4-18)27-24-25-16-20(17-26-24)19-5-9-22(31-2)10-6-19/h3-10,16-17H,11-15H2,1-2H3,(H,25,26,27). The highest BCUT2D eigenvalue weighted by molar-refractivity contribution is 5.79. The zero-order chi connectivity index (χ0) is 21.6. The van der Waals surface area contributed by atoms with Crippen LogP contribution in [-0.2, 0) is 11.2 Å². The Balaban J connectivity index is 1.33. The molecule has 0 aliphatic carbocycles. The molecular weight excluding hydrogens is 390 g/mol. The molecular formula is C24H27N5O2. The smallest absolute Gasteiger partial charge is 0.227 e. The summed E-state index contributed by atoms with van der Waals surface area (Å²) in [6.45, 7) is 3.48. The number of nitrogens with zero attached hydrogens (tertiary/aromatic N) is 4. The van der Waals surface area contributed by atoms with Gasteiger partial charge in [-0.25, -0.2) is 9.97 Å². The first-order chi connectivity index (χ1) is 15.1. The van der Waals surface area contributed by atoms with Crippen LogP contribution in [-0.4, -0.2) is 66.0 Å². The number of anilines is 2. The minimum atomic E-state index is 0.186. The number of methoxy groups -OCH3 is 1. The summed E-state index contributed by atoms with van der Waals surface area (Å²) in [6, 6.07) is 15.6. The maximum absolute atomic E-state index is 12.5. The topological polar surface area (TPSA) is 70.6 Å². The second-order valence-corrected chi connectivity index (χ2v) is 7.71. The molecule has 1 amide bonds. The summed E-state index contributed by atoms with van der Waals surface area (Å²) in [5.74, 6) is 1.53. The van der Waals surface area contributed by atoms with Crippen molar-refractivity contribution in [3.8, 4) is 16.9 Å². The third-order valence-corrected chi connectivity index (χ3v) is 5.50. The zero-order valence-electron chi connectivity index (χ0n) is 17.9. The second-order valence-electron chi connectivity index (χ2n) is 7.71. The number of nitrogens with one attached hydrogen (secondary N) is 1. The lowest BCUT2D eigenvalue weighted by atomic mass is 10.1. The molecule has 7 heteroatoms. The third-order valence-electron chi connectivity index (χ3n) is 5.50. The number of amides is 1. The predicted molar refractivity (Wildman–Crippen MR) is 122 cm³/mol. The van der Waals surface area contributed by atoms with Gasteiger partial charge >= 0.3 is 0 Å². The van der Waals surface area contributed by atoms with Gasteiger partial charge in [0.25, 0.3) is 0 Å². The Hall–Kier alpha value is -3.45. The summed E-state index contributed by atoms with van der Waals surface area (Å²) in [4.78, 5) is 25.5. The lowest BCUT2D eigenvalue weighted by Gasteiger charge is -2.32. The Morgan fingerprint density at radius 2 is 1.58 bits per heavy atom. The second kappa shape index (κ2) is 9.57. The van der Waals surface area contributed by atoms with E-state index in [9.17, 15) is 4.79 Å². The van der Waals surface area contributed by atoms with E-state index in [4.69, 9.17) is 4.74 Å². The highest BCUT2D eigenvalue weighted by Crippen LogP contribution is 2.22. The predicted octanol–water partition coefficient (Wildman–Crippen LogP) is 3.21. The monoisotopic (exact) mass is 417 g/mol. The van der Waals surface area contributed by atoms with Crippen molar-refractivity contribution < 1.29 is 9.53 Å². The van der Waals surface area contributed by atoms with Crippen molar-refractivity contribution >= 4 is 17.5 Å². The molecule has 0 unspecified atom stereocenters. The molecule has 1 aliphatic rings. The molecule has 1 aromatic heterocycles. The van der Waals surface area contributed by atoms with Crippen molar-refractivity contribution in [3.63, 3.8) is 0 Å². The highest BCUT2D eigenvalue weighted by atomic mass is 16.5. The quantitative estimate of drug-likeness (QED) is 0.664. The van der Waals surface area contributed by atoms with Crippen LogP contribution < -0.4 is 10.1 Å². The van der Waals surface area contributed by atoms with Crippen molar-refractivity contribution in [2.75, 3.05) is 45.7 Å². The van der Waals surface area contributed by atoms with Gasteiger partial charge in [0.2, 0.25) is 11.9 Å². The van der Waals surface area contributed by atoms with Crippen LogP contribution >= 0.6 is 0 Å². The Morgan fingerprint density at radius 1 is 0.935 bits per heavy atom. The molecule has 2 aromatic carbocycles. The van der Waals surface area contributed by atoms with Crippen LogP contribution in [0.2, 0.25) is 0 Å². The highest BCUT2D eigenvalue weighted by Gasteiger charge is 2.18. The van der Waals surface area contributed by atoms with E-state index in [-0.39, 0.29) is 5.91 Å². The van der Waals surface area contributed by atoms with E-state index in [0.29, 0.717) is 12.4 Å². The van der Waals surface area contributed by atoms with E-state index in [0.717, 1.165) is 54.3 Å². The molecule has 0 saturated carbocycles. The first kappa shape index (κ1) is 20.8. The number of hydrogen-bond donors (Lipinski definition) is 1. The van der Waals surface area contributed by atoms with Crippen LogP contribution in [0.5, 0.6) is 5.75 Å². The average Bonchev–Trinajstić information content (AvgIpc) is 2.81. The van der Waals surface area contributed by atoms with Crippen LogP contribution in [0, 0.1) is 0 Å². The van der Waals surface area contributed by atoms with Crippen molar-refractivity contribution in [2.24, 2.45) is 0 Å². The van der Waals surface area contributed by atoms with Crippen molar-refractivity contribution in [3.05, 3.63) is 66.5 Å². The van der Waals surface area contributed by atoms with Gasteiger partial charge in [-0.1, -0.05) is 24.3 Å². The summed E-state index contributed by atoms with van der Waals surface area (Å²) in [7, 11) is 3.74. The fourth-order valence-corrected chi connectivity index (χ4v) is 3.50. The minimum absolute atomic E-state index is 0.186. The van der Waals surface area contributed by atoms with Crippen LogP contribution in [0.15, 0.2) is 60.9 Å². The van der Waals surface area contributed by atoms with Crippen molar-refractivity contribution in [1.82, 2.24) is 19.8 Å². The minimum Gasteiger partial charge on any atom is -0.497 e. The van der Waals surface area contributed by atoms with Crippen LogP contribution in [0.1, 0.15) is 5.56 Å². The summed E-state index contributed by atoms with van der Waals surface area (Å²) in [6.07, 6.45) is 4.01. The fraction of sp³-hybridized carbons (Fsp3) is 0.292. The number of likely N-dealkylation sites (N-methyl/N-ethyl adjacent to an activating group) is 1. The number of benzene rings is 2. The van der Waals surface area contributed by atoms with Crippen LogP contribution in [0.4, 0.5) is 11.6 Å². The number of carbonyl (C=O) groups is 1. The average molecular weight is 418 g/mol. The Morgan fingerprint density at radius 3 is 2.19 bits per heavy atom. The van der Waals surface area contributed by atoms with E-state index in [1.54, 1.807) is 19.5 Å². The molecule has 3 aromatic rings. The van der Waals surface area contributed by atoms with Gasteiger partial charge in [0.15, 0.2) is 0 Å². The van der Waals surface area contributed by atoms with Crippen LogP contribution in [0.25, 0.3) is 11.1 Å². The summed E-state index contributed by atoms with van der Waals surface area (Å²) < 4.78 is 5.19. The Labute approximate surface area is 182 Å². The molecule has 1 fully saturated rings. The Kier molecular flexibility index (Phi) is 6.43. The van der Waals surface area contributed by atoms with Gasteiger partial charge in [0.05, 0.1) is 13.5 Å². The summed E-state index contributed by atoms with van der Waals surface area (Å²) in [5, 5.41) is 3.21. The molecule has 7 nitrogen and oxygen atoms in total. The number of aromatic nitrogens is 2. The Bertz CT molecular complexity index is 996. The van der Waals surface area contributed by atoms with Gasteiger partial charge < -0.3 is 19.9 Å². The number of rotatable bonds is 6. The molecule has 0 atom stereocenters. The molecule has 0 spiro atoms. The normalized spacial score (nSPS) is 14.3. The fourth-order valence-electron chi connectivity index (χ4n) is 3.50. The van der Waals surface area contributed by atoms with Crippen molar-refractivity contribution in [1.29, 1.82) is 0 Å². The van der Waals surface area contributed by atoms with Gasteiger partial charge in [-0.15, -0.1) is 0 Å². The SMILES string of the molecule is COc1ccc(-c2cnc(Nc3ccc(CC(=O)N4CCN(C)CC4)cc3)nc2)cc1. The third kappa shape index (κ3) is 5.38. The van der Waals surface area contributed by atoms with E-state index in [1.165, 1.54) is 0 Å². The maximum Gasteiger partial charge on any atom is 0.227 e. The number of ether oxygens (including phenoxy) is 1. The van der Waals surface area contributed by atoms with E-state index in [2.05, 4.69) is 27.2 Å². The number of hydrogen-bond acceptors (Lipinski definition) is 6. The van der Waals surface area contributed by atoms with E-state index >= 15 is 0 Å². The van der Waals surface area contributed by atoms with E-state index in [1.807, 2.05) is 53.4 Å². The molecule has 2 heterocycles. The molecule has 0 bridgehead atoms. The van der Waals surface area contributed by atoms with E-state index < -0.39 is 0 Å². The largest absolute Gasteiger partial charge is 0.497 e. The molecule has 1 aliphatic heterocycles. The van der Waals surface area contributed by atoms with Gasteiger partial charge in [-0.2, -0.15) is 0 Å². The molecule has 160 valence electrons. The van der Waals surface area contributed by atoms with Crippen molar-refractivity contribution in [2.45, 2.75) is 6.42 Å². The maximum atomic E-state index is 12.5. The molecule has 31 heavy (non-hydrogen) atoms. The van der Waals surface area contributed by atoms with Gasteiger partial charge in [0.1, 0.15) is 5.75 Å². The lowest BCUT2D eigenvalue weighted by molar-refractivity contribution is -0.132. The summed E-state index contributed by atoms with van der Waals surface area (Å²) >= 11 is 0. The summed E-state index contributed by atoms with van der Waals surface area (Å²) in [5.41, 5.74) is 3.85. The number of piperazine rings is 1. The molecule has 0 radical (unpaired) electrons. The van der Waals surface area contributed by atoms with Crippen LogP contribution in [0.3, 0.4) is 0 Å². The van der Waals surface area contributed by atoms with Gasteiger partial charge in [-0.3, -0.25) is 4.79 Å². The molecule has 1 N–H and O–H groups in total. The van der Waals surface area contributed by atoms with Gasteiger partial charge in [0, 0.05) is 49.8 Å². The zero-order valence-corrected chi connectivity index (χ0v) is 17.9.